The maximum atomic E-state index is 10.1. The maximum absolute atomic E-state index is 10.1. The van der Waals surface area contributed by atoms with E-state index in [0.29, 0.717) is 6.10 Å². The van der Waals surface area contributed by atoms with Gasteiger partial charge in [0.25, 0.3) is 0 Å². The first-order valence-electron chi connectivity index (χ1n) is 7.80. The molecule has 0 aliphatic heterocycles. The monoisotopic (exact) mass is 260 g/mol. The Hall–Kier alpha value is -1.02. The van der Waals surface area contributed by atoms with E-state index in [1.807, 2.05) is 0 Å². The Morgan fingerprint density at radius 3 is 2.53 bits per heavy atom. The zero-order valence-electron chi connectivity index (χ0n) is 11.6. The highest BCUT2D eigenvalue weighted by molar-refractivity contribution is 5.38. The lowest BCUT2D eigenvalue weighted by molar-refractivity contribution is 0.153. The Kier molecular flexibility index (Phi) is 4.07. The number of hydrogen-bond acceptors (Lipinski definition) is 2. The third kappa shape index (κ3) is 3.11. The van der Waals surface area contributed by atoms with Crippen LogP contribution < -0.4 is 4.74 Å². The van der Waals surface area contributed by atoms with Gasteiger partial charge < -0.3 is 9.84 Å². The van der Waals surface area contributed by atoms with Gasteiger partial charge in [-0.3, -0.25) is 0 Å². The molecule has 0 spiro atoms. The molecule has 0 aromatic heterocycles. The fraction of sp³-hybridized carbons (Fsp3) is 0.647. The second kappa shape index (κ2) is 5.96. The van der Waals surface area contributed by atoms with Gasteiger partial charge in [0, 0.05) is 0 Å². The lowest BCUT2D eigenvalue weighted by atomic mass is 9.89. The van der Waals surface area contributed by atoms with Crippen molar-refractivity contribution >= 4 is 0 Å². The molecule has 2 aliphatic carbocycles. The minimum absolute atomic E-state index is 0.290. The summed E-state index contributed by atoms with van der Waals surface area (Å²) in [6, 6.07) is 6.30. The van der Waals surface area contributed by atoms with Crippen LogP contribution in [-0.2, 0) is 6.42 Å². The molecule has 1 atom stereocenters. The predicted molar refractivity (Wildman–Crippen MR) is 76.5 cm³/mol. The van der Waals surface area contributed by atoms with Crippen molar-refractivity contribution in [1.82, 2.24) is 0 Å². The van der Waals surface area contributed by atoms with E-state index in [-0.39, 0.29) is 6.10 Å². The Labute approximate surface area is 115 Å². The molecule has 0 radical (unpaired) electrons. The highest BCUT2D eigenvalue weighted by atomic mass is 16.5. The predicted octanol–water partition coefficient (Wildman–Crippen LogP) is 4.16. The van der Waals surface area contributed by atoms with Crippen molar-refractivity contribution in [2.24, 2.45) is 0 Å². The van der Waals surface area contributed by atoms with Crippen molar-refractivity contribution in [1.29, 1.82) is 0 Å². The molecule has 1 saturated carbocycles. The molecule has 1 aromatic rings. The van der Waals surface area contributed by atoms with Gasteiger partial charge in [-0.25, -0.2) is 0 Å². The van der Waals surface area contributed by atoms with Gasteiger partial charge in [-0.15, -0.1) is 0 Å². The van der Waals surface area contributed by atoms with Crippen molar-refractivity contribution in [3.8, 4) is 5.75 Å². The molecule has 2 aliphatic rings. The second-order valence-electron chi connectivity index (χ2n) is 6.00. The molecule has 1 N–H and O–H groups in total. The van der Waals surface area contributed by atoms with E-state index in [2.05, 4.69) is 18.2 Å². The van der Waals surface area contributed by atoms with Crippen molar-refractivity contribution in [3.63, 3.8) is 0 Å². The fourth-order valence-electron chi connectivity index (χ4n) is 3.38. The smallest absolute Gasteiger partial charge is 0.120 e. The first-order valence-corrected chi connectivity index (χ1v) is 7.80. The van der Waals surface area contributed by atoms with Gasteiger partial charge in [-0.2, -0.15) is 0 Å². The number of rotatable bonds is 2. The van der Waals surface area contributed by atoms with Crippen LogP contribution in [0.15, 0.2) is 18.2 Å². The van der Waals surface area contributed by atoms with E-state index in [1.54, 1.807) is 0 Å². The Morgan fingerprint density at radius 2 is 1.74 bits per heavy atom. The van der Waals surface area contributed by atoms with Crippen LogP contribution in [-0.4, -0.2) is 11.2 Å². The fourth-order valence-corrected chi connectivity index (χ4v) is 3.38. The standard InChI is InChI=1S/C17H24O2/c18-17-9-5-6-13-10-11-15(12-16(13)17)19-14-7-3-1-2-4-8-14/h10-12,14,17-18H,1-9H2/t17-/m1/s1. The molecule has 1 aromatic carbocycles. The SMILES string of the molecule is O[C@@H]1CCCc2ccc(OC3CCCCCC3)cc21. The molecule has 0 unspecified atom stereocenters. The van der Waals surface area contributed by atoms with Crippen molar-refractivity contribution in [2.45, 2.75) is 70.0 Å². The molecule has 104 valence electrons. The summed E-state index contributed by atoms with van der Waals surface area (Å²) in [7, 11) is 0. The van der Waals surface area contributed by atoms with Crippen LogP contribution in [0.3, 0.4) is 0 Å². The largest absolute Gasteiger partial charge is 0.490 e. The van der Waals surface area contributed by atoms with Gasteiger partial charge >= 0.3 is 0 Å². The van der Waals surface area contributed by atoms with Gasteiger partial charge in [-0.1, -0.05) is 18.9 Å². The summed E-state index contributed by atoms with van der Waals surface area (Å²) in [6.07, 6.45) is 10.8. The third-order valence-electron chi connectivity index (χ3n) is 4.50. The second-order valence-corrected chi connectivity index (χ2v) is 6.00. The van der Waals surface area contributed by atoms with E-state index >= 15 is 0 Å². The molecule has 2 heteroatoms. The minimum atomic E-state index is -0.290. The molecule has 3 rings (SSSR count). The molecule has 0 bridgehead atoms. The van der Waals surface area contributed by atoms with Crippen LogP contribution in [0.4, 0.5) is 0 Å². The quantitative estimate of drug-likeness (QED) is 0.809. The molecule has 19 heavy (non-hydrogen) atoms. The van der Waals surface area contributed by atoms with Crippen LogP contribution in [0.1, 0.15) is 68.6 Å². The average Bonchev–Trinajstić information content (AvgIpc) is 2.68. The molecular weight excluding hydrogens is 236 g/mol. The van der Waals surface area contributed by atoms with E-state index in [9.17, 15) is 5.11 Å². The van der Waals surface area contributed by atoms with E-state index in [1.165, 1.54) is 44.1 Å². The first kappa shape index (κ1) is 13.0. The van der Waals surface area contributed by atoms with E-state index in [4.69, 9.17) is 4.74 Å². The Balaban J connectivity index is 1.72. The van der Waals surface area contributed by atoms with Crippen LogP contribution in [0.2, 0.25) is 0 Å². The van der Waals surface area contributed by atoms with Gasteiger partial charge in [0.1, 0.15) is 5.75 Å². The summed E-state index contributed by atoms with van der Waals surface area (Å²) in [4.78, 5) is 0. The normalized spacial score (nSPS) is 24.6. The van der Waals surface area contributed by atoms with Gasteiger partial charge in [-0.05, 0) is 68.2 Å². The van der Waals surface area contributed by atoms with E-state index < -0.39 is 0 Å². The lowest BCUT2D eigenvalue weighted by Crippen LogP contribution is -2.16. The van der Waals surface area contributed by atoms with Crippen molar-refractivity contribution < 1.29 is 9.84 Å². The lowest BCUT2D eigenvalue weighted by Gasteiger charge is -2.23. The number of aliphatic hydroxyl groups is 1. The Bertz CT molecular complexity index is 419. The molecule has 0 saturated heterocycles. The average molecular weight is 260 g/mol. The summed E-state index contributed by atoms with van der Waals surface area (Å²) in [5.74, 6) is 0.951. The van der Waals surface area contributed by atoms with Crippen LogP contribution in [0, 0.1) is 0 Å². The molecule has 1 fully saturated rings. The highest BCUT2D eigenvalue weighted by Crippen LogP contribution is 2.33. The number of ether oxygens (including phenoxy) is 1. The molecular formula is C17H24O2. The van der Waals surface area contributed by atoms with Crippen molar-refractivity contribution in [3.05, 3.63) is 29.3 Å². The number of aliphatic hydroxyl groups excluding tert-OH is 1. The number of fused-ring (bicyclic) bond motifs is 1. The minimum Gasteiger partial charge on any atom is -0.490 e. The Morgan fingerprint density at radius 1 is 0.947 bits per heavy atom. The van der Waals surface area contributed by atoms with Gasteiger partial charge in [0.05, 0.1) is 12.2 Å². The van der Waals surface area contributed by atoms with E-state index in [0.717, 1.165) is 30.6 Å². The number of aryl methyl sites for hydroxylation is 1. The van der Waals surface area contributed by atoms with Crippen LogP contribution >= 0.6 is 0 Å². The van der Waals surface area contributed by atoms with Crippen LogP contribution in [0.5, 0.6) is 5.75 Å². The molecule has 0 heterocycles. The summed E-state index contributed by atoms with van der Waals surface area (Å²) in [5.41, 5.74) is 2.39. The maximum Gasteiger partial charge on any atom is 0.120 e. The molecule has 2 nitrogen and oxygen atoms in total. The molecule has 0 amide bonds. The van der Waals surface area contributed by atoms with Gasteiger partial charge in [0.2, 0.25) is 0 Å². The summed E-state index contributed by atoms with van der Waals surface area (Å²) in [6.45, 7) is 0. The summed E-state index contributed by atoms with van der Waals surface area (Å²) in [5, 5.41) is 10.1. The number of hydrogen-bond donors (Lipinski definition) is 1. The third-order valence-corrected chi connectivity index (χ3v) is 4.50. The summed E-state index contributed by atoms with van der Waals surface area (Å²) < 4.78 is 6.14. The summed E-state index contributed by atoms with van der Waals surface area (Å²) >= 11 is 0. The number of benzene rings is 1. The zero-order chi connectivity index (χ0) is 13.1. The topological polar surface area (TPSA) is 29.5 Å². The highest BCUT2D eigenvalue weighted by Gasteiger charge is 2.19. The van der Waals surface area contributed by atoms with Crippen molar-refractivity contribution in [2.75, 3.05) is 0 Å². The van der Waals surface area contributed by atoms with Crippen LogP contribution in [0.25, 0.3) is 0 Å². The zero-order valence-corrected chi connectivity index (χ0v) is 11.6. The first-order chi connectivity index (χ1) is 9.33. The van der Waals surface area contributed by atoms with Gasteiger partial charge in [0.15, 0.2) is 0 Å².